The van der Waals surface area contributed by atoms with Crippen molar-refractivity contribution in [3.05, 3.63) is 0 Å². The van der Waals surface area contributed by atoms with Gasteiger partial charge in [-0.25, -0.2) is 0 Å². The Labute approximate surface area is 113 Å². The van der Waals surface area contributed by atoms with Crippen LogP contribution >= 0.6 is 0 Å². The Kier molecular flexibility index (Phi) is 9.22. The molecule has 1 aliphatic heterocycles. The van der Waals surface area contributed by atoms with Crippen molar-refractivity contribution in [3.63, 3.8) is 0 Å². The first-order valence-electron chi connectivity index (χ1n) is 4.11. The Morgan fingerprint density at radius 1 is 1.10 bits per heavy atom. The van der Waals surface area contributed by atoms with Crippen molar-refractivity contribution >= 4 is 19.4 Å². The van der Waals surface area contributed by atoms with E-state index >= 15 is 0 Å². The van der Waals surface area contributed by atoms with Gasteiger partial charge in [0.2, 0.25) is 0 Å². The molecule has 1 nitrogen and oxygen atoms in total. The van der Waals surface area contributed by atoms with Gasteiger partial charge in [-0.2, -0.15) is 0 Å². The summed E-state index contributed by atoms with van der Waals surface area (Å²) in [5.41, 5.74) is 0. The third-order valence-electron chi connectivity index (χ3n) is 2.26. The smallest absolute Gasteiger partial charge is 1.00 e. The van der Waals surface area contributed by atoms with Gasteiger partial charge < -0.3 is 6.07 Å². The van der Waals surface area contributed by atoms with Crippen LogP contribution in [0.1, 0.15) is 27.1 Å². The molecule has 1 aliphatic rings. The van der Waals surface area contributed by atoms with Crippen LogP contribution in [-0.4, -0.2) is 19.4 Å². The second-order valence-electron chi connectivity index (χ2n) is 2.98. The van der Waals surface area contributed by atoms with E-state index in [0.717, 1.165) is 0 Å². The Hall–Kier alpha value is 2.03. The van der Waals surface area contributed by atoms with Gasteiger partial charge in [0.25, 0.3) is 0 Å². The summed E-state index contributed by atoms with van der Waals surface area (Å²) >= 11 is 0. The maximum absolute atomic E-state index is 3.62. The predicted molar refractivity (Wildman–Crippen MR) is 49.4 cm³/mol. The van der Waals surface area contributed by atoms with Crippen molar-refractivity contribution in [3.8, 4) is 0 Å². The molecule has 0 bridgehead atoms. The third-order valence-corrected chi connectivity index (χ3v) is 7.74. The van der Waals surface area contributed by atoms with Crippen molar-refractivity contribution in [1.29, 1.82) is 0 Å². The van der Waals surface area contributed by atoms with Crippen LogP contribution in [0.3, 0.4) is 0 Å². The zero-order valence-electron chi connectivity index (χ0n) is 8.32. The number of hydrogen-bond donors (Lipinski definition) is 1. The molecule has 1 N–H and O–H groups in total. The fourth-order valence-corrected chi connectivity index (χ4v) is 5.73. The SMILES string of the molecule is [H-].[K+].[SiH3]N[SiH]1CCCCCC1. The van der Waals surface area contributed by atoms with Gasteiger partial charge in [0.05, 0.1) is 10.4 Å². The molecule has 0 aromatic carbocycles. The molecule has 4 heteroatoms. The monoisotopic (exact) mass is 199 g/mol. The first-order chi connectivity index (χ1) is 4.43. The molecule has 56 valence electrons. The van der Waals surface area contributed by atoms with Crippen LogP contribution < -0.4 is 56.0 Å². The van der Waals surface area contributed by atoms with Gasteiger partial charge in [0.15, 0.2) is 0 Å². The van der Waals surface area contributed by atoms with Crippen molar-refractivity contribution in [2.75, 3.05) is 0 Å². The van der Waals surface area contributed by atoms with Crippen molar-refractivity contribution in [2.45, 2.75) is 37.8 Å². The molecule has 0 aromatic rings. The van der Waals surface area contributed by atoms with Gasteiger partial charge in [0, 0.05) is 0 Å². The maximum atomic E-state index is 3.62. The van der Waals surface area contributed by atoms with E-state index in [1.54, 1.807) is 12.1 Å². The summed E-state index contributed by atoms with van der Waals surface area (Å²) in [5, 5.41) is 0. The van der Waals surface area contributed by atoms with Crippen LogP contribution in [-0.2, 0) is 0 Å². The zero-order chi connectivity index (χ0) is 6.53. The Balaban J connectivity index is 0. The fourth-order valence-electron chi connectivity index (χ4n) is 1.57. The summed E-state index contributed by atoms with van der Waals surface area (Å²) in [4.78, 5) is 0. The summed E-state index contributed by atoms with van der Waals surface area (Å²) in [6, 6.07) is 3.15. The van der Waals surface area contributed by atoms with E-state index in [4.69, 9.17) is 0 Å². The van der Waals surface area contributed by atoms with Crippen LogP contribution in [0, 0.1) is 0 Å². The zero-order valence-corrected chi connectivity index (χ0v) is 13.6. The number of rotatable bonds is 1. The van der Waals surface area contributed by atoms with E-state index in [-0.39, 0.29) is 61.8 Å². The summed E-state index contributed by atoms with van der Waals surface area (Å²) < 4.78 is 3.62. The van der Waals surface area contributed by atoms with Crippen LogP contribution in [0.25, 0.3) is 0 Å². The molecule has 0 unspecified atom stereocenters. The Morgan fingerprint density at radius 3 is 2.00 bits per heavy atom. The van der Waals surface area contributed by atoms with Crippen LogP contribution in [0.4, 0.5) is 0 Å². The maximum Gasteiger partial charge on any atom is 1.00 e. The number of hydrogen-bond acceptors (Lipinski definition) is 1. The molecule has 0 aliphatic carbocycles. The summed E-state index contributed by atoms with van der Waals surface area (Å²) in [6.45, 7) is 0. The molecular weight excluding hydrogens is 181 g/mol. The van der Waals surface area contributed by atoms with E-state index in [1.165, 1.54) is 36.1 Å². The molecule has 0 spiro atoms. The minimum absolute atomic E-state index is 0. The molecule has 1 saturated heterocycles. The number of nitrogens with one attached hydrogen (secondary N) is 1. The minimum atomic E-state index is -0.339. The molecule has 10 heavy (non-hydrogen) atoms. The first-order valence-corrected chi connectivity index (χ1v) is 7.32. The molecule has 0 atom stereocenters. The van der Waals surface area contributed by atoms with E-state index in [0.29, 0.717) is 0 Å². The fraction of sp³-hybridized carbons (Fsp3) is 1.00. The van der Waals surface area contributed by atoms with Crippen LogP contribution in [0.5, 0.6) is 0 Å². The van der Waals surface area contributed by atoms with E-state index in [9.17, 15) is 0 Å². The summed E-state index contributed by atoms with van der Waals surface area (Å²) in [6.07, 6.45) is 6.05. The van der Waals surface area contributed by atoms with Crippen LogP contribution in [0.2, 0.25) is 12.1 Å². The van der Waals surface area contributed by atoms with Crippen molar-refractivity contribution in [1.82, 2.24) is 4.65 Å². The molecule has 0 amide bonds. The van der Waals surface area contributed by atoms with E-state index in [2.05, 4.69) is 4.65 Å². The Morgan fingerprint density at radius 2 is 1.60 bits per heavy atom. The quantitative estimate of drug-likeness (QED) is 0.452. The molecule has 0 saturated carbocycles. The molecule has 0 aromatic heterocycles. The van der Waals surface area contributed by atoms with Gasteiger partial charge in [-0.3, -0.25) is 0 Å². The second-order valence-corrected chi connectivity index (χ2v) is 7.84. The van der Waals surface area contributed by atoms with Crippen LogP contribution in [0.15, 0.2) is 0 Å². The second kappa shape index (κ2) is 7.67. The standard InChI is InChI=1S/C6H17NSi2.K.H/c8-7-9-5-3-1-2-4-6-9;;/h7,9H,1-6H2,8H3;;/q;+1;-1. The summed E-state index contributed by atoms with van der Waals surface area (Å²) in [5.74, 6) is 0. The van der Waals surface area contributed by atoms with Gasteiger partial charge in [0.1, 0.15) is 8.96 Å². The normalized spacial score (nSPS) is 21.6. The molecule has 1 fully saturated rings. The topological polar surface area (TPSA) is 12.0 Å². The average Bonchev–Trinajstić information content (AvgIpc) is 2.13. The summed E-state index contributed by atoms with van der Waals surface area (Å²) in [7, 11) is 0.901. The van der Waals surface area contributed by atoms with E-state index in [1.807, 2.05) is 0 Å². The molecule has 1 rings (SSSR count). The van der Waals surface area contributed by atoms with Gasteiger partial charge in [-0.1, -0.05) is 25.7 Å². The average molecular weight is 199 g/mol. The van der Waals surface area contributed by atoms with Gasteiger partial charge >= 0.3 is 51.4 Å². The van der Waals surface area contributed by atoms with Gasteiger partial charge in [-0.05, 0) is 12.1 Å². The van der Waals surface area contributed by atoms with E-state index < -0.39 is 0 Å². The molecular formula is C6H18KNSi2. The van der Waals surface area contributed by atoms with Crippen molar-refractivity contribution in [2.24, 2.45) is 0 Å². The van der Waals surface area contributed by atoms with Crippen molar-refractivity contribution < 1.29 is 52.8 Å². The molecule has 0 radical (unpaired) electrons. The largest absolute Gasteiger partial charge is 1.00 e. The first kappa shape index (κ1) is 12.0. The Bertz CT molecular complexity index is 79.0. The molecule has 1 heterocycles. The predicted octanol–water partition coefficient (Wildman–Crippen LogP) is -2.73. The third kappa shape index (κ3) is 4.82. The minimum Gasteiger partial charge on any atom is -1.00 e. The van der Waals surface area contributed by atoms with Gasteiger partial charge in [-0.15, -0.1) is 0 Å².